The summed E-state index contributed by atoms with van der Waals surface area (Å²) in [6.07, 6.45) is 8.09. The van der Waals surface area contributed by atoms with Gasteiger partial charge in [-0.3, -0.25) is 0 Å². The van der Waals surface area contributed by atoms with Crippen molar-refractivity contribution >= 4 is 56.5 Å². The van der Waals surface area contributed by atoms with Crippen molar-refractivity contribution in [3.8, 4) is 0 Å². The fourth-order valence-electron chi connectivity index (χ4n) is 2.94. The minimum atomic E-state index is 0.939. The normalized spacial score (nSPS) is 11.9. The zero-order valence-electron chi connectivity index (χ0n) is 13.6. The van der Waals surface area contributed by atoms with Crippen LogP contribution in [0.2, 0.25) is 0 Å². The first-order valence-corrected chi connectivity index (χ1v) is 9.61. The Kier molecular flexibility index (Phi) is 4.76. The predicted molar refractivity (Wildman–Crippen MR) is 105 cm³/mol. The Morgan fingerprint density at radius 3 is 1.08 bits per heavy atom. The number of nitrogens with one attached hydrogen (secondary N) is 2. The fourth-order valence-corrected chi connectivity index (χ4v) is 2.94. The molecule has 0 aromatic carbocycles. The second-order valence-electron chi connectivity index (χ2n) is 5.91. The van der Waals surface area contributed by atoms with Crippen LogP contribution in [-0.2, 0) is 15.1 Å². The van der Waals surface area contributed by atoms with Crippen molar-refractivity contribution in [2.24, 2.45) is 0 Å². The monoisotopic (exact) mass is 400 g/mol. The van der Waals surface area contributed by atoms with E-state index in [1.165, 1.54) is 0 Å². The molecule has 0 amide bonds. The number of aromatic amines is 2. The van der Waals surface area contributed by atoms with Crippen LogP contribution in [0, 0.1) is 0 Å². The van der Waals surface area contributed by atoms with Gasteiger partial charge < -0.3 is 9.97 Å². The Bertz CT molecular complexity index is 996. The molecular weight excluding hydrogens is 387 g/mol. The molecule has 6 heteroatoms. The van der Waals surface area contributed by atoms with Gasteiger partial charge in [0, 0.05) is 22.1 Å². The van der Waals surface area contributed by atoms with Crippen LogP contribution in [0.25, 0.3) is 46.4 Å². The van der Waals surface area contributed by atoms with E-state index >= 15 is 0 Å². The quantitative estimate of drug-likeness (QED) is 0.345. The minimum absolute atomic E-state index is 0.939. The molecule has 128 valence electrons. The third kappa shape index (κ3) is 3.65. The fraction of sp³-hybridized carbons (Fsp3) is 0. The maximum absolute atomic E-state index is 4.63. The van der Waals surface area contributed by atoms with Crippen LogP contribution in [0.5, 0.6) is 0 Å². The Morgan fingerprint density at radius 1 is 0.538 bits per heavy atom. The molecule has 0 radical (unpaired) electrons. The van der Waals surface area contributed by atoms with Gasteiger partial charge in [-0.05, 0) is 72.8 Å². The molecule has 2 aliphatic heterocycles. The van der Waals surface area contributed by atoms with Gasteiger partial charge in [0.15, 0.2) is 0 Å². The number of aromatic nitrogens is 4. The Hall–Kier alpha value is -2.59. The van der Waals surface area contributed by atoms with E-state index in [4.69, 9.17) is 0 Å². The zero-order chi connectivity index (χ0) is 17.9. The summed E-state index contributed by atoms with van der Waals surface area (Å²) in [5.74, 6) is 0. The molecule has 0 fully saturated rings. The SMILES string of the molecule is C1=Cc2cc3ccc(cc4nc(cc5ccc(cc1n2)[nH]5)C=C4)[nH]3.[Cl][Mn]. The first kappa shape index (κ1) is 16.9. The number of hydrogen-bond donors (Lipinski definition) is 2. The molecular formula is C20H14ClMnN4. The first-order chi connectivity index (χ1) is 12.8. The number of nitrogens with zero attached hydrogens (tertiary/aromatic N) is 2. The second-order valence-corrected chi connectivity index (χ2v) is 5.91. The molecule has 2 N–H and O–H groups in total. The summed E-state index contributed by atoms with van der Waals surface area (Å²) in [4.78, 5) is 16.0. The molecule has 0 saturated carbocycles. The van der Waals surface area contributed by atoms with Crippen molar-refractivity contribution in [2.45, 2.75) is 0 Å². The molecule has 0 unspecified atom stereocenters. The second kappa shape index (κ2) is 7.34. The summed E-state index contributed by atoms with van der Waals surface area (Å²) < 4.78 is 0. The summed E-state index contributed by atoms with van der Waals surface area (Å²) in [5.41, 5.74) is 7.86. The van der Waals surface area contributed by atoms with E-state index in [0.717, 1.165) is 44.8 Å². The summed E-state index contributed by atoms with van der Waals surface area (Å²) in [5, 5.41) is 0. The topological polar surface area (TPSA) is 57.4 Å². The third-order valence-corrected chi connectivity index (χ3v) is 4.04. The van der Waals surface area contributed by atoms with Crippen LogP contribution in [0.4, 0.5) is 0 Å². The van der Waals surface area contributed by atoms with Crippen LogP contribution in [-0.4, -0.2) is 19.9 Å². The van der Waals surface area contributed by atoms with Gasteiger partial charge in [0.1, 0.15) is 0 Å². The number of H-pyrrole nitrogens is 2. The molecule has 5 heterocycles. The van der Waals surface area contributed by atoms with Gasteiger partial charge in [-0.25, -0.2) is 9.97 Å². The van der Waals surface area contributed by atoms with Crippen molar-refractivity contribution in [1.82, 2.24) is 19.9 Å². The van der Waals surface area contributed by atoms with Crippen molar-refractivity contribution in [3.63, 3.8) is 0 Å². The van der Waals surface area contributed by atoms with E-state index in [0.29, 0.717) is 0 Å². The Morgan fingerprint density at radius 2 is 0.808 bits per heavy atom. The van der Waals surface area contributed by atoms with Gasteiger partial charge in [0.2, 0.25) is 0 Å². The van der Waals surface area contributed by atoms with E-state index in [1.807, 2.05) is 48.6 Å². The maximum atomic E-state index is 4.63. The van der Waals surface area contributed by atoms with Crippen molar-refractivity contribution in [1.29, 1.82) is 0 Å². The molecule has 0 atom stereocenters. The molecule has 2 aliphatic rings. The molecule has 8 bridgehead atoms. The van der Waals surface area contributed by atoms with Crippen LogP contribution < -0.4 is 0 Å². The van der Waals surface area contributed by atoms with Crippen LogP contribution >= 0.6 is 10.1 Å². The third-order valence-electron chi connectivity index (χ3n) is 4.04. The molecule has 0 saturated heterocycles. The molecule has 0 aliphatic carbocycles. The summed E-state index contributed by atoms with van der Waals surface area (Å²) in [6, 6.07) is 16.4. The van der Waals surface area contributed by atoms with Gasteiger partial charge in [-0.1, -0.05) is 0 Å². The van der Waals surface area contributed by atoms with Gasteiger partial charge >= 0.3 is 25.2 Å². The number of rotatable bonds is 0. The molecule has 5 rings (SSSR count). The molecule has 26 heavy (non-hydrogen) atoms. The molecule has 3 aromatic heterocycles. The molecule has 3 aromatic rings. The molecule has 4 nitrogen and oxygen atoms in total. The van der Waals surface area contributed by atoms with Gasteiger partial charge in [0.05, 0.1) is 22.8 Å². The molecule has 0 spiro atoms. The Labute approximate surface area is 162 Å². The van der Waals surface area contributed by atoms with E-state index in [2.05, 4.69) is 69.4 Å². The van der Waals surface area contributed by atoms with Crippen molar-refractivity contribution < 1.29 is 15.1 Å². The number of hydrogen-bond acceptors (Lipinski definition) is 2. The zero-order valence-corrected chi connectivity index (χ0v) is 15.5. The summed E-state index contributed by atoms with van der Waals surface area (Å²) in [7, 11) is 4.45. The van der Waals surface area contributed by atoms with Gasteiger partial charge in [-0.2, -0.15) is 0 Å². The van der Waals surface area contributed by atoms with Crippen molar-refractivity contribution in [3.05, 3.63) is 71.3 Å². The predicted octanol–water partition coefficient (Wildman–Crippen LogP) is 5.34. The first-order valence-electron chi connectivity index (χ1n) is 7.99. The van der Waals surface area contributed by atoms with E-state index in [1.54, 1.807) is 0 Å². The summed E-state index contributed by atoms with van der Waals surface area (Å²) in [6.45, 7) is 0. The average molecular weight is 401 g/mol. The van der Waals surface area contributed by atoms with E-state index < -0.39 is 0 Å². The number of fused-ring (bicyclic) bond motifs is 8. The average Bonchev–Trinajstić information content (AvgIpc) is 3.42. The van der Waals surface area contributed by atoms with Gasteiger partial charge in [-0.15, -0.1) is 0 Å². The van der Waals surface area contributed by atoms with Crippen LogP contribution in [0.1, 0.15) is 22.8 Å². The Balaban J connectivity index is 0.000000814. The van der Waals surface area contributed by atoms with Crippen LogP contribution in [0.3, 0.4) is 0 Å². The number of halogens is 1. The van der Waals surface area contributed by atoms with E-state index in [-0.39, 0.29) is 0 Å². The van der Waals surface area contributed by atoms with Crippen molar-refractivity contribution in [2.75, 3.05) is 0 Å². The standard InChI is InChI=1S/C20H14N4.ClH.Mn/c1-2-14-10-16-5-6-18(23-16)12-20-8-7-19(24-20)11-17-4-3-15(22-17)9-13(1)21-14;;/h1-12,21,24H;1H;/q;;+1/p-1. The van der Waals surface area contributed by atoms with Crippen LogP contribution in [0.15, 0.2) is 48.5 Å². The van der Waals surface area contributed by atoms with E-state index in [9.17, 15) is 0 Å². The van der Waals surface area contributed by atoms with Gasteiger partial charge in [0.25, 0.3) is 0 Å². The summed E-state index contributed by atoms with van der Waals surface area (Å²) >= 11 is 2.41.